The van der Waals surface area contributed by atoms with Gasteiger partial charge in [-0.05, 0) is 41.5 Å². The highest BCUT2D eigenvalue weighted by Crippen LogP contribution is 2.38. The molecule has 1 aliphatic rings. The number of thiocarbonyl (C=S) groups is 1. The molecule has 5 nitrogen and oxygen atoms in total. The molecule has 0 spiro atoms. The summed E-state index contributed by atoms with van der Waals surface area (Å²) in [6, 6.07) is 24.1. The number of carbonyl (C=O) groups is 2. The molecule has 5 rings (SSSR count). The number of hydrogen-bond donors (Lipinski definition) is 1. The van der Waals surface area contributed by atoms with E-state index in [-0.39, 0.29) is 12.3 Å². The smallest absolute Gasteiger partial charge is 0.271 e. The predicted molar refractivity (Wildman–Crippen MR) is 161 cm³/mol. The number of halogens is 2. The van der Waals surface area contributed by atoms with Gasteiger partial charge >= 0.3 is 0 Å². The molecule has 2 heterocycles. The summed E-state index contributed by atoms with van der Waals surface area (Å²) < 4.78 is 0.381. The second-order valence-electron chi connectivity index (χ2n) is 8.35. The van der Waals surface area contributed by atoms with E-state index in [1.165, 1.54) is 16.2 Å². The van der Waals surface area contributed by atoms with Gasteiger partial charge in [-0.25, -0.2) is 4.98 Å². The molecule has 1 aliphatic heterocycles. The van der Waals surface area contributed by atoms with E-state index in [1.54, 1.807) is 12.3 Å². The van der Waals surface area contributed by atoms with Crippen molar-refractivity contribution in [3.8, 4) is 0 Å². The Labute approximate surface area is 243 Å². The summed E-state index contributed by atoms with van der Waals surface area (Å²) >= 11 is 20.3. The van der Waals surface area contributed by atoms with E-state index in [2.05, 4.69) is 10.3 Å². The molecule has 0 bridgehead atoms. The first-order valence-corrected chi connectivity index (χ1v) is 14.3. The van der Waals surface area contributed by atoms with Crippen LogP contribution in [0.15, 0.2) is 95.5 Å². The Bertz CT molecular complexity index is 1540. The van der Waals surface area contributed by atoms with E-state index >= 15 is 0 Å². The largest absolute Gasteiger partial charge is 0.298 e. The van der Waals surface area contributed by atoms with Gasteiger partial charge < -0.3 is 0 Å². The molecule has 1 saturated heterocycles. The molecule has 3 aromatic carbocycles. The van der Waals surface area contributed by atoms with E-state index in [0.717, 1.165) is 27.8 Å². The number of amides is 2. The Hall–Kier alpha value is -3.01. The Balaban J connectivity index is 1.42. The van der Waals surface area contributed by atoms with Crippen molar-refractivity contribution in [3.05, 3.63) is 122 Å². The Kier molecular flexibility index (Phi) is 8.26. The summed E-state index contributed by atoms with van der Waals surface area (Å²) in [6.07, 6.45) is 2.55. The van der Waals surface area contributed by atoms with Crippen molar-refractivity contribution in [1.82, 2.24) is 4.98 Å². The highest BCUT2D eigenvalue weighted by molar-refractivity contribution is 8.27. The zero-order valence-electron chi connectivity index (χ0n) is 19.7. The maximum atomic E-state index is 13.6. The minimum atomic E-state index is -0.394. The molecule has 1 fully saturated rings. The Morgan fingerprint density at radius 1 is 0.947 bits per heavy atom. The number of para-hydroxylation sites is 1. The molecule has 0 radical (unpaired) electrons. The molecular weight excluding hydrogens is 577 g/mol. The monoisotopic (exact) mass is 595 g/mol. The van der Waals surface area contributed by atoms with E-state index < -0.39 is 5.91 Å². The van der Waals surface area contributed by atoms with Crippen LogP contribution in [0.1, 0.15) is 16.0 Å². The third-order valence-corrected chi connectivity index (χ3v) is 8.39. The van der Waals surface area contributed by atoms with Crippen LogP contribution in [0, 0.1) is 0 Å². The molecule has 0 atom stereocenters. The van der Waals surface area contributed by atoms with Gasteiger partial charge in [0.05, 0.1) is 10.6 Å². The molecule has 38 heavy (non-hydrogen) atoms. The lowest BCUT2D eigenvalue weighted by Crippen LogP contribution is -2.28. The third kappa shape index (κ3) is 6.17. The number of aromatic nitrogens is 1. The lowest BCUT2D eigenvalue weighted by molar-refractivity contribution is -0.115. The van der Waals surface area contributed by atoms with Gasteiger partial charge in [0.2, 0.25) is 0 Å². The lowest BCUT2D eigenvalue weighted by atomic mass is 10.0. The number of benzene rings is 3. The van der Waals surface area contributed by atoms with Gasteiger partial charge in [-0.3, -0.25) is 19.8 Å². The first-order valence-electron chi connectivity index (χ1n) is 11.5. The molecule has 0 aliphatic carbocycles. The van der Waals surface area contributed by atoms with E-state index in [4.69, 9.17) is 35.4 Å². The van der Waals surface area contributed by atoms with Crippen molar-refractivity contribution in [2.45, 2.75) is 12.8 Å². The van der Waals surface area contributed by atoms with Crippen LogP contribution in [-0.4, -0.2) is 21.1 Å². The minimum Gasteiger partial charge on any atom is -0.298 e. The van der Waals surface area contributed by atoms with Gasteiger partial charge in [0, 0.05) is 39.5 Å². The Morgan fingerprint density at radius 3 is 2.29 bits per heavy atom. The lowest BCUT2D eigenvalue weighted by Gasteiger charge is -2.14. The van der Waals surface area contributed by atoms with Gasteiger partial charge in [-0.15, -0.1) is 11.3 Å². The molecule has 1 N–H and O–H groups in total. The molecule has 1 aromatic heterocycles. The second kappa shape index (κ2) is 11.8. The van der Waals surface area contributed by atoms with Crippen LogP contribution < -0.4 is 10.2 Å². The van der Waals surface area contributed by atoms with Gasteiger partial charge in [0.25, 0.3) is 11.8 Å². The maximum Gasteiger partial charge on any atom is 0.271 e. The number of thioether (sulfide) groups is 1. The van der Waals surface area contributed by atoms with Crippen molar-refractivity contribution in [2.24, 2.45) is 0 Å². The number of thiazole rings is 1. The predicted octanol–water partition coefficient (Wildman–Crippen LogP) is 7.54. The van der Waals surface area contributed by atoms with Gasteiger partial charge in [-0.1, -0.05) is 95.7 Å². The van der Waals surface area contributed by atoms with Crippen molar-refractivity contribution in [1.29, 1.82) is 0 Å². The van der Waals surface area contributed by atoms with Crippen molar-refractivity contribution in [3.63, 3.8) is 0 Å². The van der Waals surface area contributed by atoms with Crippen LogP contribution in [0.2, 0.25) is 10.0 Å². The zero-order valence-corrected chi connectivity index (χ0v) is 23.7. The molecule has 0 unspecified atom stereocenters. The minimum absolute atomic E-state index is 0.269. The number of anilines is 2. The topological polar surface area (TPSA) is 62.3 Å². The normalized spacial score (nSPS) is 14.6. The molecular formula is C28H19Cl2N3O2S3. The summed E-state index contributed by atoms with van der Waals surface area (Å²) in [4.78, 5) is 34.2. The number of carbonyl (C=O) groups excluding carboxylic acids is 2. The second-order valence-corrected chi connectivity index (χ2v) is 12.0. The molecule has 10 heteroatoms. The SMILES string of the molecule is O=C(Nc1ncc(Cc2cc(Cl)cc(Cl)c2)s1)/C(Cc1ccccc1)=C1/SC(=S)N(c2ccccc2)C1=O. The van der Waals surface area contributed by atoms with Crippen molar-refractivity contribution in [2.75, 3.05) is 10.2 Å². The number of nitrogens with zero attached hydrogens (tertiary/aromatic N) is 2. The summed E-state index contributed by atoms with van der Waals surface area (Å²) in [5, 5.41) is 4.44. The first kappa shape index (κ1) is 26.6. The highest BCUT2D eigenvalue weighted by Gasteiger charge is 2.37. The summed E-state index contributed by atoms with van der Waals surface area (Å²) in [5.74, 6) is -0.709. The fourth-order valence-electron chi connectivity index (χ4n) is 3.95. The molecule has 4 aromatic rings. The first-order chi connectivity index (χ1) is 18.4. The number of rotatable bonds is 7. The summed E-state index contributed by atoms with van der Waals surface area (Å²) in [6.45, 7) is 0. The highest BCUT2D eigenvalue weighted by atomic mass is 35.5. The molecule has 2 amide bonds. The van der Waals surface area contributed by atoms with Gasteiger partial charge in [-0.2, -0.15) is 0 Å². The van der Waals surface area contributed by atoms with Gasteiger partial charge in [0.1, 0.15) is 0 Å². The quantitative estimate of drug-likeness (QED) is 0.176. The van der Waals surface area contributed by atoms with Crippen LogP contribution in [0.5, 0.6) is 0 Å². The van der Waals surface area contributed by atoms with E-state index in [0.29, 0.717) is 42.1 Å². The zero-order chi connectivity index (χ0) is 26.6. The van der Waals surface area contributed by atoms with Crippen LogP contribution >= 0.6 is 58.5 Å². The number of nitrogens with one attached hydrogen (secondary N) is 1. The third-order valence-electron chi connectivity index (χ3n) is 5.63. The van der Waals surface area contributed by atoms with Crippen LogP contribution in [0.4, 0.5) is 10.8 Å². The van der Waals surface area contributed by atoms with Crippen molar-refractivity contribution >= 4 is 85.5 Å². The molecule has 190 valence electrons. The maximum absolute atomic E-state index is 13.6. The summed E-state index contributed by atoms with van der Waals surface area (Å²) in [7, 11) is 0. The standard InChI is InChI=1S/C28H19Cl2N3O2S3/c29-19-11-18(12-20(30)15-19)13-22-16-31-27(37-22)32-25(34)23(14-17-7-3-1-4-8-17)24-26(35)33(28(36)38-24)21-9-5-2-6-10-21/h1-12,15-16H,13-14H2,(H,31,32,34)/b24-23+. The van der Waals surface area contributed by atoms with Crippen molar-refractivity contribution < 1.29 is 9.59 Å². The van der Waals surface area contributed by atoms with E-state index in [1.807, 2.05) is 72.8 Å². The average Bonchev–Trinajstić information content (AvgIpc) is 3.45. The van der Waals surface area contributed by atoms with Crippen LogP contribution in [0.25, 0.3) is 0 Å². The summed E-state index contributed by atoms with van der Waals surface area (Å²) in [5.41, 5.74) is 2.85. The molecule has 0 saturated carbocycles. The average molecular weight is 597 g/mol. The Morgan fingerprint density at radius 2 is 1.61 bits per heavy atom. The number of hydrogen-bond acceptors (Lipinski definition) is 6. The van der Waals surface area contributed by atoms with Crippen LogP contribution in [-0.2, 0) is 22.4 Å². The van der Waals surface area contributed by atoms with Gasteiger partial charge in [0.15, 0.2) is 9.45 Å². The fraction of sp³-hybridized carbons (Fsp3) is 0.0714. The fourth-order valence-corrected chi connectivity index (χ4v) is 6.72. The van der Waals surface area contributed by atoms with Crippen LogP contribution in [0.3, 0.4) is 0 Å². The van der Waals surface area contributed by atoms with E-state index in [9.17, 15) is 9.59 Å².